The van der Waals surface area contributed by atoms with Crippen molar-refractivity contribution >= 4 is 12.2 Å². The Kier molecular flexibility index (Phi) is 6.95. The number of rotatable bonds is 5. The number of ether oxygens (including phenoxy) is 2. The molecule has 1 aromatic rings. The SMILES string of the molecule is CCCCCOC(=O)N=NC(=O)Oc1ccc(C)cc1. The van der Waals surface area contributed by atoms with Crippen LogP contribution in [0.15, 0.2) is 34.5 Å². The first-order valence-corrected chi connectivity index (χ1v) is 6.48. The molecule has 0 aliphatic carbocycles. The third-order valence-corrected chi connectivity index (χ3v) is 2.41. The number of hydrogen-bond donors (Lipinski definition) is 0. The number of carbonyl (C=O) groups excluding carboxylic acids is 2. The van der Waals surface area contributed by atoms with E-state index in [1.54, 1.807) is 24.3 Å². The summed E-state index contributed by atoms with van der Waals surface area (Å²) in [7, 11) is 0. The van der Waals surface area contributed by atoms with Gasteiger partial charge in [0, 0.05) is 0 Å². The Morgan fingerprint density at radius 1 is 1.05 bits per heavy atom. The molecule has 0 radical (unpaired) electrons. The summed E-state index contributed by atoms with van der Waals surface area (Å²) >= 11 is 0. The van der Waals surface area contributed by atoms with Gasteiger partial charge in [-0.3, -0.25) is 0 Å². The Morgan fingerprint density at radius 2 is 1.70 bits per heavy atom. The van der Waals surface area contributed by atoms with Crippen molar-refractivity contribution in [3.05, 3.63) is 29.8 Å². The molecule has 0 saturated heterocycles. The first kappa shape index (κ1) is 15.8. The standard InChI is InChI=1S/C14H18N2O4/c1-3-4-5-10-19-13(17)15-16-14(18)20-12-8-6-11(2)7-9-12/h6-9H,3-5,10H2,1-2H3. The molecule has 0 fully saturated rings. The molecule has 6 nitrogen and oxygen atoms in total. The number of nitrogens with zero attached hydrogens (tertiary/aromatic N) is 2. The molecule has 0 heterocycles. The van der Waals surface area contributed by atoms with Gasteiger partial charge in [0.15, 0.2) is 0 Å². The second kappa shape index (κ2) is 8.79. The van der Waals surface area contributed by atoms with Crippen molar-refractivity contribution in [1.82, 2.24) is 0 Å². The molecule has 0 bridgehead atoms. The summed E-state index contributed by atoms with van der Waals surface area (Å²) in [6.07, 6.45) is 0.925. The van der Waals surface area contributed by atoms with Crippen LogP contribution >= 0.6 is 0 Å². The zero-order chi connectivity index (χ0) is 14.8. The average molecular weight is 278 g/mol. The number of aryl methyl sites for hydroxylation is 1. The van der Waals surface area contributed by atoms with Crippen LogP contribution in [0.25, 0.3) is 0 Å². The molecule has 1 aromatic carbocycles. The molecule has 0 atom stereocenters. The van der Waals surface area contributed by atoms with Crippen LogP contribution in [-0.2, 0) is 4.74 Å². The maximum atomic E-state index is 11.3. The van der Waals surface area contributed by atoms with E-state index in [0.29, 0.717) is 5.75 Å². The van der Waals surface area contributed by atoms with Gasteiger partial charge in [-0.15, -0.1) is 0 Å². The van der Waals surface area contributed by atoms with E-state index in [2.05, 4.69) is 10.2 Å². The summed E-state index contributed by atoms with van der Waals surface area (Å²) in [5.74, 6) is 0.343. The van der Waals surface area contributed by atoms with Crippen LogP contribution in [0.5, 0.6) is 5.75 Å². The quantitative estimate of drug-likeness (QED) is 0.595. The summed E-state index contributed by atoms with van der Waals surface area (Å²) in [4.78, 5) is 22.4. The van der Waals surface area contributed by atoms with E-state index in [0.717, 1.165) is 24.8 Å². The zero-order valence-electron chi connectivity index (χ0n) is 11.7. The van der Waals surface area contributed by atoms with Crippen LogP contribution in [0.3, 0.4) is 0 Å². The van der Waals surface area contributed by atoms with Gasteiger partial charge in [-0.25, -0.2) is 9.59 Å². The molecule has 0 N–H and O–H groups in total. The average Bonchev–Trinajstić information content (AvgIpc) is 2.44. The fourth-order valence-corrected chi connectivity index (χ4v) is 1.35. The Labute approximate surface area is 117 Å². The molecule has 2 amide bonds. The molecule has 0 aliphatic rings. The summed E-state index contributed by atoms with van der Waals surface area (Å²) in [5, 5.41) is 6.25. The van der Waals surface area contributed by atoms with Gasteiger partial charge in [-0.2, -0.15) is 0 Å². The van der Waals surface area contributed by atoms with Crippen LogP contribution in [0.2, 0.25) is 0 Å². The third-order valence-electron chi connectivity index (χ3n) is 2.41. The zero-order valence-corrected chi connectivity index (χ0v) is 11.7. The fraction of sp³-hybridized carbons (Fsp3) is 0.429. The topological polar surface area (TPSA) is 77.3 Å². The van der Waals surface area contributed by atoms with E-state index in [1.807, 2.05) is 13.8 Å². The highest BCUT2D eigenvalue weighted by Crippen LogP contribution is 2.12. The van der Waals surface area contributed by atoms with Crippen LogP contribution in [0.4, 0.5) is 9.59 Å². The first-order chi connectivity index (χ1) is 9.61. The van der Waals surface area contributed by atoms with Crippen molar-refractivity contribution in [3.63, 3.8) is 0 Å². The minimum atomic E-state index is -0.959. The number of benzene rings is 1. The second-order valence-corrected chi connectivity index (χ2v) is 4.20. The predicted octanol–water partition coefficient (Wildman–Crippen LogP) is 4.27. The largest absolute Gasteiger partial charge is 0.458 e. The number of unbranched alkanes of at least 4 members (excludes halogenated alkanes) is 2. The number of azo groups is 1. The van der Waals surface area contributed by atoms with Gasteiger partial charge in [0.1, 0.15) is 5.75 Å². The summed E-state index contributed by atoms with van der Waals surface area (Å²) < 4.78 is 9.61. The number of carbonyl (C=O) groups is 2. The summed E-state index contributed by atoms with van der Waals surface area (Å²) in [5.41, 5.74) is 1.04. The van der Waals surface area contributed by atoms with E-state index in [-0.39, 0.29) is 6.61 Å². The van der Waals surface area contributed by atoms with Crippen LogP contribution in [-0.4, -0.2) is 18.8 Å². The smallest absolute Gasteiger partial charge is 0.447 e. The molecule has 0 saturated carbocycles. The van der Waals surface area contributed by atoms with Gasteiger partial charge < -0.3 is 9.47 Å². The molecular weight excluding hydrogens is 260 g/mol. The maximum Gasteiger partial charge on any atom is 0.458 e. The predicted molar refractivity (Wildman–Crippen MR) is 72.9 cm³/mol. The molecule has 0 spiro atoms. The lowest BCUT2D eigenvalue weighted by molar-refractivity contribution is 0.152. The van der Waals surface area contributed by atoms with E-state index in [9.17, 15) is 9.59 Å². The van der Waals surface area contributed by atoms with Gasteiger partial charge in [0.2, 0.25) is 0 Å². The molecule has 0 unspecified atom stereocenters. The molecule has 108 valence electrons. The van der Waals surface area contributed by atoms with Gasteiger partial charge in [-0.1, -0.05) is 47.7 Å². The van der Waals surface area contributed by atoms with Gasteiger partial charge >= 0.3 is 12.2 Å². The van der Waals surface area contributed by atoms with Crippen molar-refractivity contribution in [2.45, 2.75) is 33.1 Å². The van der Waals surface area contributed by atoms with Crippen molar-refractivity contribution in [2.75, 3.05) is 6.61 Å². The van der Waals surface area contributed by atoms with Crippen LogP contribution in [0, 0.1) is 6.92 Å². The van der Waals surface area contributed by atoms with Crippen molar-refractivity contribution in [3.8, 4) is 5.75 Å². The maximum absolute atomic E-state index is 11.3. The van der Waals surface area contributed by atoms with Gasteiger partial charge in [0.05, 0.1) is 6.61 Å². The molecular formula is C14H18N2O4. The Hall–Kier alpha value is -2.24. The minimum absolute atomic E-state index is 0.276. The Bertz CT molecular complexity index is 469. The number of hydrogen-bond acceptors (Lipinski definition) is 4. The highest BCUT2D eigenvalue weighted by atomic mass is 16.6. The Balaban J connectivity index is 2.32. The highest BCUT2D eigenvalue weighted by molar-refractivity contribution is 5.74. The third kappa shape index (κ3) is 6.63. The number of amides is 2. The fourth-order valence-electron chi connectivity index (χ4n) is 1.35. The first-order valence-electron chi connectivity index (χ1n) is 6.48. The van der Waals surface area contributed by atoms with Crippen molar-refractivity contribution < 1.29 is 19.1 Å². The van der Waals surface area contributed by atoms with E-state index < -0.39 is 12.2 Å². The Morgan fingerprint density at radius 3 is 2.35 bits per heavy atom. The highest BCUT2D eigenvalue weighted by Gasteiger charge is 2.05. The molecule has 20 heavy (non-hydrogen) atoms. The molecule has 6 heteroatoms. The molecule has 0 aliphatic heterocycles. The van der Waals surface area contributed by atoms with Gasteiger partial charge in [0.25, 0.3) is 0 Å². The lowest BCUT2D eigenvalue weighted by Gasteiger charge is -2.00. The van der Waals surface area contributed by atoms with Crippen LogP contribution < -0.4 is 4.74 Å². The van der Waals surface area contributed by atoms with Crippen LogP contribution in [0.1, 0.15) is 31.7 Å². The summed E-state index contributed by atoms with van der Waals surface area (Å²) in [6, 6.07) is 6.85. The van der Waals surface area contributed by atoms with E-state index in [4.69, 9.17) is 9.47 Å². The van der Waals surface area contributed by atoms with Crippen molar-refractivity contribution in [2.24, 2.45) is 10.2 Å². The van der Waals surface area contributed by atoms with E-state index in [1.165, 1.54) is 0 Å². The lowest BCUT2D eigenvalue weighted by Crippen LogP contribution is -2.04. The second-order valence-electron chi connectivity index (χ2n) is 4.20. The van der Waals surface area contributed by atoms with Gasteiger partial charge in [-0.05, 0) is 25.5 Å². The molecule has 0 aromatic heterocycles. The normalized spacial score (nSPS) is 10.5. The van der Waals surface area contributed by atoms with E-state index >= 15 is 0 Å². The van der Waals surface area contributed by atoms with Crippen molar-refractivity contribution in [1.29, 1.82) is 0 Å². The minimum Gasteiger partial charge on any atom is -0.447 e. The summed E-state index contributed by atoms with van der Waals surface area (Å²) in [6.45, 7) is 4.24. The lowest BCUT2D eigenvalue weighted by atomic mass is 10.2. The molecule has 1 rings (SSSR count). The monoisotopic (exact) mass is 278 g/mol.